The third-order valence-electron chi connectivity index (χ3n) is 4.40. The summed E-state index contributed by atoms with van der Waals surface area (Å²) in [5, 5.41) is 3.14. The molecule has 3 rings (SSSR count). The maximum Gasteiger partial charge on any atom is 0.191 e. The van der Waals surface area contributed by atoms with E-state index in [2.05, 4.69) is 24.7 Å². The first-order valence-electron chi connectivity index (χ1n) is 8.24. The topological polar surface area (TPSA) is 61.0 Å². The summed E-state index contributed by atoms with van der Waals surface area (Å²) < 4.78 is 0. The number of halogens is 1. The minimum Gasteiger partial charge on any atom is -0.370 e. The van der Waals surface area contributed by atoms with Crippen LogP contribution in [0.5, 0.6) is 0 Å². The second kappa shape index (κ2) is 9.63. The van der Waals surface area contributed by atoms with Crippen LogP contribution in [-0.2, 0) is 0 Å². The molecule has 3 heterocycles. The lowest BCUT2D eigenvalue weighted by Gasteiger charge is -2.35. The number of nitrogens with two attached hydrogens (primary N) is 1. The summed E-state index contributed by atoms with van der Waals surface area (Å²) >= 11 is 1.70. The Bertz CT molecular complexity index is 466. The minimum absolute atomic E-state index is 0. The molecule has 23 heavy (non-hydrogen) atoms. The van der Waals surface area contributed by atoms with Crippen molar-refractivity contribution < 1.29 is 0 Å². The standard InChI is InChI=1S/C15H26N6S.HI/c16-14(17-4-3-8-19-6-1-2-7-19)20-9-11-21(12-10-20)15-18-5-13-22-15;/h5,13H,1-4,6-12H2,(H2,16,17);1H. The van der Waals surface area contributed by atoms with Gasteiger partial charge in [0.25, 0.3) is 0 Å². The fourth-order valence-electron chi connectivity index (χ4n) is 3.09. The second-order valence-corrected chi connectivity index (χ2v) is 6.80. The highest BCUT2D eigenvalue weighted by Crippen LogP contribution is 2.18. The van der Waals surface area contributed by atoms with Gasteiger partial charge in [-0.3, -0.25) is 4.99 Å². The number of anilines is 1. The summed E-state index contributed by atoms with van der Waals surface area (Å²) in [5.41, 5.74) is 6.14. The van der Waals surface area contributed by atoms with Gasteiger partial charge in [-0.1, -0.05) is 0 Å². The molecule has 0 radical (unpaired) electrons. The molecule has 2 aliphatic heterocycles. The highest BCUT2D eigenvalue weighted by atomic mass is 127. The smallest absolute Gasteiger partial charge is 0.191 e. The highest BCUT2D eigenvalue weighted by molar-refractivity contribution is 14.0. The molecule has 2 aliphatic rings. The van der Waals surface area contributed by atoms with Gasteiger partial charge in [0.05, 0.1) is 0 Å². The van der Waals surface area contributed by atoms with Crippen molar-refractivity contribution >= 4 is 46.4 Å². The summed E-state index contributed by atoms with van der Waals surface area (Å²) in [6, 6.07) is 0. The Balaban J connectivity index is 0.00000192. The predicted octanol–water partition coefficient (Wildman–Crippen LogP) is 1.68. The van der Waals surface area contributed by atoms with Crippen molar-refractivity contribution in [3.8, 4) is 0 Å². The van der Waals surface area contributed by atoms with Gasteiger partial charge in [0.1, 0.15) is 0 Å². The zero-order chi connectivity index (χ0) is 15.2. The molecule has 6 nitrogen and oxygen atoms in total. The summed E-state index contributed by atoms with van der Waals surface area (Å²) in [7, 11) is 0. The van der Waals surface area contributed by atoms with Gasteiger partial charge in [-0.15, -0.1) is 35.3 Å². The maximum absolute atomic E-state index is 6.14. The average Bonchev–Trinajstić information content (AvgIpc) is 3.25. The number of hydrogen-bond donors (Lipinski definition) is 1. The summed E-state index contributed by atoms with van der Waals surface area (Å²) in [6.07, 6.45) is 5.69. The van der Waals surface area contributed by atoms with Gasteiger partial charge in [-0.05, 0) is 38.9 Å². The average molecular weight is 450 g/mol. The van der Waals surface area contributed by atoms with Crippen LogP contribution in [0.4, 0.5) is 5.13 Å². The molecule has 0 saturated carbocycles. The molecule has 0 spiro atoms. The molecule has 0 atom stereocenters. The van der Waals surface area contributed by atoms with Crippen LogP contribution >= 0.6 is 35.3 Å². The summed E-state index contributed by atoms with van der Waals surface area (Å²) in [6.45, 7) is 8.33. The Kier molecular flexibility index (Phi) is 7.84. The molecule has 0 bridgehead atoms. The Labute approximate surface area is 159 Å². The van der Waals surface area contributed by atoms with E-state index < -0.39 is 0 Å². The molecule has 1 aromatic heterocycles. The second-order valence-electron chi connectivity index (χ2n) is 5.93. The van der Waals surface area contributed by atoms with E-state index >= 15 is 0 Å². The lowest BCUT2D eigenvalue weighted by molar-refractivity contribution is 0.335. The number of hydrogen-bond acceptors (Lipinski definition) is 5. The normalized spacial score (nSPS) is 19.9. The maximum atomic E-state index is 6.14. The van der Waals surface area contributed by atoms with Gasteiger partial charge < -0.3 is 20.4 Å². The number of likely N-dealkylation sites (tertiary alicyclic amines) is 1. The molecule has 2 N–H and O–H groups in total. The van der Waals surface area contributed by atoms with Gasteiger partial charge in [0.15, 0.2) is 11.1 Å². The van der Waals surface area contributed by atoms with Crippen LogP contribution < -0.4 is 10.6 Å². The van der Waals surface area contributed by atoms with Crippen LogP contribution in [0.15, 0.2) is 16.6 Å². The van der Waals surface area contributed by atoms with E-state index in [0.29, 0.717) is 5.96 Å². The van der Waals surface area contributed by atoms with Crippen molar-refractivity contribution in [2.24, 2.45) is 10.7 Å². The molecule has 0 aliphatic carbocycles. The van der Waals surface area contributed by atoms with Crippen LogP contribution in [0.25, 0.3) is 0 Å². The van der Waals surface area contributed by atoms with E-state index in [0.717, 1.165) is 50.8 Å². The largest absolute Gasteiger partial charge is 0.370 e. The van der Waals surface area contributed by atoms with Crippen LogP contribution in [0.2, 0.25) is 0 Å². The lowest BCUT2D eigenvalue weighted by Crippen LogP contribution is -2.51. The third-order valence-corrected chi connectivity index (χ3v) is 5.23. The van der Waals surface area contributed by atoms with E-state index in [1.807, 2.05) is 11.6 Å². The number of guanidine groups is 1. The van der Waals surface area contributed by atoms with E-state index in [1.54, 1.807) is 11.3 Å². The zero-order valence-electron chi connectivity index (χ0n) is 13.6. The van der Waals surface area contributed by atoms with Crippen molar-refractivity contribution in [3.63, 3.8) is 0 Å². The Morgan fingerprint density at radius 1 is 1.17 bits per heavy atom. The van der Waals surface area contributed by atoms with E-state index in [9.17, 15) is 0 Å². The number of piperazine rings is 1. The minimum atomic E-state index is 0. The summed E-state index contributed by atoms with van der Waals surface area (Å²) in [5.74, 6) is 0.709. The molecule has 2 saturated heterocycles. The molecular formula is C15H27IN6S. The van der Waals surface area contributed by atoms with Crippen LogP contribution in [-0.4, -0.2) is 73.1 Å². The summed E-state index contributed by atoms with van der Waals surface area (Å²) in [4.78, 5) is 16.0. The van der Waals surface area contributed by atoms with Crippen molar-refractivity contribution in [2.75, 3.05) is 57.3 Å². The molecule has 0 unspecified atom stereocenters. The van der Waals surface area contributed by atoms with Gasteiger partial charge in [-0.25, -0.2) is 4.98 Å². The third kappa shape index (κ3) is 5.46. The quantitative estimate of drug-likeness (QED) is 0.320. The van der Waals surface area contributed by atoms with E-state index in [-0.39, 0.29) is 24.0 Å². The lowest BCUT2D eigenvalue weighted by atomic mass is 10.3. The number of aromatic nitrogens is 1. The number of aliphatic imine (C=N–C) groups is 1. The molecular weight excluding hydrogens is 423 g/mol. The fourth-order valence-corrected chi connectivity index (χ4v) is 3.79. The fraction of sp³-hybridized carbons (Fsp3) is 0.733. The van der Waals surface area contributed by atoms with Crippen molar-refractivity contribution in [1.29, 1.82) is 0 Å². The van der Waals surface area contributed by atoms with Gasteiger partial charge in [0, 0.05) is 44.3 Å². The molecule has 8 heteroatoms. The van der Waals surface area contributed by atoms with E-state index in [4.69, 9.17) is 5.73 Å². The molecule has 1 aromatic rings. The van der Waals surface area contributed by atoms with Crippen LogP contribution in [0.3, 0.4) is 0 Å². The van der Waals surface area contributed by atoms with Crippen molar-refractivity contribution in [3.05, 3.63) is 11.6 Å². The van der Waals surface area contributed by atoms with Gasteiger partial charge in [0.2, 0.25) is 0 Å². The van der Waals surface area contributed by atoms with Gasteiger partial charge in [-0.2, -0.15) is 0 Å². The first-order valence-corrected chi connectivity index (χ1v) is 9.12. The number of rotatable bonds is 5. The van der Waals surface area contributed by atoms with Crippen LogP contribution in [0.1, 0.15) is 19.3 Å². The predicted molar refractivity (Wildman–Crippen MR) is 108 cm³/mol. The molecule has 0 amide bonds. The van der Waals surface area contributed by atoms with Crippen LogP contribution in [0, 0.1) is 0 Å². The Morgan fingerprint density at radius 2 is 1.91 bits per heavy atom. The number of thiazole rings is 1. The van der Waals surface area contributed by atoms with E-state index in [1.165, 1.54) is 25.9 Å². The highest BCUT2D eigenvalue weighted by Gasteiger charge is 2.19. The van der Waals surface area contributed by atoms with Gasteiger partial charge >= 0.3 is 0 Å². The Morgan fingerprint density at radius 3 is 2.57 bits per heavy atom. The Hall–Kier alpha value is -0.610. The van der Waals surface area contributed by atoms with Crippen molar-refractivity contribution in [1.82, 2.24) is 14.8 Å². The molecule has 0 aromatic carbocycles. The monoisotopic (exact) mass is 450 g/mol. The first-order chi connectivity index (χ1) is 10.8. The van der Waals surface area contributed by atoms with Crippen molar-refractivity contribution in [2.45, 2.75) is 19.3 Å². The molecule has 2 fully saturated rings. The number of nitrogens with zero attached hydrogens (tertiary/aromatic N) is 5. The molecule has 130 valence electrons. The first kappa shape index (κ1) is 18.7. The SMILES string of the molecule is I.NC(=NCCCN1CCCC1)N1CCN(c2nccs2)CC1. The zero-order valence-corrected chi connectivity index (χ0v) is 16.7.